The van der Waals surface area contributed by atoms with E-state index in [0.717, 1.165) is 35.0 Å². The molecule has 0 saturated carbocycles. The molecular formula is C20H23ClN2O3. The molecule has 2 aromatic rings. The number of methoxy groups -OCH3 is 1. The quantitative estimate of drug-likeness (QED) is 0.659. The molecule has 2 bridgehead atoms. The molecule has 26 heavy (non-hydrogen) atoms. The second-order valence-electron chi connectivity index (χ2n) is 7.26. The number of hydrogen-bond acceptors (Lipinski definition) is 3. The van der Waals surface area contributed by atoms with Crippen molar-refractivity contribution in [3.05, 3.63) is 35.5 Å². The summed E-state index contributed by atoms with van der Waals surface area (Å²) >= 11 is 5.88. The number of halogens is 1. The number of nitrogens with one attached hydrogen (secondary N) is 1. The molecule has 1 N–H and O–H groups in total. The highest BCUT2D eigenvalue weighted by atomic mass is 35.5. The van der Waals surface area contributed by atoms with Gasteiger partial charge in [0.1, 0.15) is 5.88 Å². The van der Waals surface area contributed by atoms with E-state index in [1.54, 1.807) is 0 Å². The maximum Gasteiger partial charge on any atom is 0.313 e. The van der Waals surface area contributed by atoms with Crippen LogP contribution in [0.1, 0.15) is 43.0 Å². The zero-order valence-electron chi connectivity index (χ0n) is 15.0. The summed E-state index contributed by atoms with van der Waals surface area (Å²) in [6.07, 6.45) is 1.68. The van der Waals surface area contributed by atoms with Crippen LogP contribution in [-0.4, -0.2) is 41.3 Å². The Kier molecular flexibility index (Phi) is 4.43. The Hall–Kier alpha value is -2.01. The number of carbonyl (C=O) groups is 2. The number of nitrogens with zero attached hydrogens (tertiary/aromatic N) is 1. The average Bonchev–Trinajstić information content (AvgIpc) is 3.07. The van der Waals surface area contributed by atoms with Crippen LogP contribution in [0.25, 0.3) is 10.9 Å². The number of amides is 1. The third-order valence-corrected chi connectivity index (χ3v) is 6.40. The van der Waals surface area contributed by atoms with Crippen molar-refractivity contribution < 1.29 is 14.3 Å². The normalized spacial score (nSPS) is 27.3. The first kappa shape index (κ1) is 17.4. The number of ether oxygens (including phenoxy) is 1. The van der Waals surface area contributed by atoms with Crippen LogP contribution in [0.5, 0.6) is 0 Å². The van der Waals surface area contributed by atoms with Crippen molar-refractivity contribution in [2.24, 2.45) is 11.8 Å². The van der Waals surface area contributed by atoms with Crippen LogP contribution >= 0.6 is 11.6 Å². The molecule has 1 amide bonds. The summed E-state index contributed by atoms with van der Waals surface area (Å²) in [5, 5.41) is 1.04. The van der Waals surface area contributed by atoms with Gasteiger partial charge in [-0.1, -0.05) is 31.5 Å². The van der Waals surface area contributed by atoms with Gasteiger partial charge in [0.05, 0.1) is 19.1 Å². The SMILES string of the molecule is CC[C@@H]1CN(C(=O)CCl)[C@H]2C[C@@H]1[C@H](C(=O)OC)c1c2[nH]c2ccccc12. The number of likely N-dealkylation sites (tertiary alicyclic amines) is 1. The third-order valence-electron chi connectivity index (χ3n) is 6.17. The van der Waals surface area contributed by atoms with Gasteiger partial charge in [-0.05, 0) is 29.9 Å². The molecule has 1 saturated heterocycles. The van der Waals surface area contributed by atoms with Crippen LogP contribution < -0.4 is 0 Å². The second kappa shape index (κ2) is 6.62. The first-order valence-corrected chi connectivity index (χ1v) is 9.67. The van der Waals surface area contributed by atoms with Gasteiger partial charge >= 0.3 is 5.97 Å². The van der Waals surface area contributed by atoms with Crippen LogP contribution in [0.3, 0.4) is 0 Å². The standard InChI is InChI=1S/C20H23ClN2O3/c1-3-11-10-23(16(24)9-21)15-8-13(11)18(20(25)26-2)17-12-6-4-5-7-14(12)22-19(15)17/h4-7,11,13,15,18,22H,3,8-10H2,1-2H3/t11-,13+,15+,18+/m1/s1. The molecule has 4 atom stereocenters. The highest BCUT2D eigenvalue weighted by molar-refractivity contribution is 6.27. The fourth-order valence-corrected chi connectivity index (χ4v) is 5.13. The fraction of sp³-hybridized carbons (Fsp3) is 0.500. The summed E-state index contributed by atoms with van der Waals surface area (Å²) in [5.74, 6) is -0.119. The molecule has 1 aliphatic heterocycles. The van der Waals surface area contributed by atoms with Gasteiger partial charge in [-0.25, -0.2) is 0 Å². The molecular weight excluding hydrogens is 352 g/mol. The van der Waals surface area contributed by atoms with E-state index in [1.807, 2.05) is 29.2 Å². The number of fused-ring (bicyclic) bond motifs is 6. The number of piperidine rings is 1. The number of esters is 1. The molecule has 0 radical (unpaired) electrons. The molecule has 0 unspecified atom stereocenters. The lowest BCUT2D eigenvalue weighted by Gasteiger charge is -2.49. The molecule has 2 aliphatic rings. The summed E-state index contributed by atoms with van der Waals surface area (Å²) in [6, 6.07) is 7.94. The number of para-hydroxylation sites is 1. The van der Waals surface area contributed by atoms with Crippen molar-refractivity contribution in [1.29, 1.82) is 0 Å². The van der Waals surface area contributed by atoms with Crippen molar-refractivity contribution in [2.45, 2.75) is 31.7 Å². The zero-order chi connectivity index (χ0) is 18.4. The molecule has 6 heteroatoms. The molecule has 1 aliphatic carbocycles. The van der Waals surface area contributed by atoms with E-state index in [1.165, 1.54) is 7.11 Å². The predicted molar refractivity (Wildman–Crippen MR) is 100 cm³/mol. The van der Waals surface area contributed by atoms with Gasteiger partial charge in [-0.15, -0.1) is 11.6 Å². The lowest BCUT2D eigenvalue weighted by molar-refractivity contribution is -0.147. The van der Waals surface area contributed by atoms with Gasteiger partial charge < -0.3 is 14.6 Å². The van der Waals surface area contributed by atoms with Crippen molar-refractivity contribution in [1.82, 2.24) is 9.88 Å². The van der Waals surface area contributed by atoms with E-state index in [0.29, 0.717) is 6.54 Å². The molecule has 1 fully saturated rings. The number of H-pyrrole nitrogens is 1. The van der Waals surface area contributed by atoms with Gasteiger partial charge in [0.2, 0.25) is 5.91 Å². The molecule has 1 aromatic carbocycles. The number of rotatable bonds is 3. The van der Waals surface area contributed by atoms with E-state index in [9.17, 15) is 9.59 Å². The number of benzene rings is 1. The summed E-state index contributed by atoms with van der Waals surface area (Å²) in [6.45, 7) is 2.76. The summed E-state index contributed by atoms with van der Waals surface area (Å²) in [5.41, 5.74) is 2.95. The Labute approximate surface area is 157 Å². The monoisotopic (exact) mass is 374 g/mol. The van der Waals surface area contributed by atoms with Gasteiger partial charge in [0.15, 0.2) is 0 Å². The maximum atomic E-state index is 12.8. The van der Waals surface area contributed by atoms with E-state index in [2.05, 4.69) is 11.9 Å². The summed E-state index contributed by atoms with van der Waals surface area (Å²) in [7, 11) is 1.45. The lowest BCUT2D eigenvalue weighted by atomic mass is 9.65. The van der Waals surface area contributed by atoms with Crippen LogP contribution in [0.4, 0.5) is 0 Å². The molecule has 0 spiro atoms. The second-order valence-corrected chi connectivity index (χ2v) is 7.53. The highest BCUT2D eigenvalue weighted by Gasteiger charge is 2.50. The topological polar surface area (TPSA) is 62.4 Å². The number of aromatic nitrogens is 1. The molecule has 1 aromatic heterocycles. The van der Waals surface area contributed by atoms with E-state index < -0.39 is 0 Å². The van der Waals surface area contributed by atoms with E-state index >= 15 is 0 Å². The molecule has 4 rings (SSSR count). The number of aromatic amines is 1. The lowest BCUT2D eigenvalue weighted by Crippen LogP contribution is -2.51. The third kappa shape index (κ3) is 2.44. The fourth-order valence-electron chi connectivity index (χ4n) is 4.97. The Morgan fingerprint density at radius 3 is 2.81 bits per heavy atom. The Morgan fingerprint density at radius 1 is 1.35 bits per heavy atom. The molecule has 138 valence electrons. The Balaban J connectivity index is 1.94. The van der Waals surface area contributed by atoms with Gasteiger partial charge in [-0.2, -0.15) is 0 Å². The van der Waals surface area contributed by atoms with Gasteiger partial charge in [-0.3, -0.25) is 9.59 Å². The van der Waals surface area contributed by atoms with Crippen LogP contribution in [-0.2, 0) is 14.3 Å². The van der Waals surface area contributed by atoms with Crippen molar-refractivity contribution >= 4 is 34.4 Å². The van der Waals surface area contributed by atoms with E-state index in [4.69, 9.17) is 16.3 Å². The minimum Gasteiger partial charge on any atom is -0.469 e. The van der Waals surface area contributed by atoms with E-state index in [-0.39, 0.29) is 41.6 Å². The van der Waals surface area contributed by atoms with Gasteiger partial charge in [0.25, 0.3) is 0 Å². The largest absolute Gasteiger partial charge is 0.469 e. The smallest absolute Gasteiger partial charge is 0.313 e. The molecule has 5 nitrogen and oxygen atoms in total. The first-order valence-electron chi connectivity index (χ1n) is 9.14. The zero-order valence-corrected chi connectivity index (χ0v) is 15.8. The maximum absolute atomic E-state index is 12.8. The van der Waals surface area contributed by atoms with Crippen molar-refractivity contribution in [3.63, 3.8) is 0 Å². The Morgan fingerprint density at radius 2 is 2.12 bits per heavy atom. The van der Waals surface area contributed by atoms with Crippen molar-refractivity contribution in [3.8, 4) is 0 Å². The Bertz CT molecular complexity index is 862. The predicted octanol–water partition coefficient (Wildman–Crippen LogP) is 3.59. The van der Waals surface area contributed by atoms with Crippen LogP contribution in [0.2, 0.25) is 0 Å². The van der Waals surface area contributed by atoms with Crippen LogP contribution in [0.15, 0.2) is 24.3 Å². The van der Waals surface area contributed by atoms with Gasteiger partial charge in [0, 0.05) is 23.1 Å². The average molecular weight is 375 g/mol. The van der Waals surface area contributed by atoms with Crippen molar-refractivity contribution in [2.75, 3.05) is 19.5 Å². The minimum atomic E-state index is -0.291. The summed E-state index contributed by atoms with van der Waals surface area (Å²) < 4.78 is 5.19. The number of alkyl halides is 1. The van der Waals surface area contributed by atoms with Crippen LogP contribution in [0, 0.1) is 11.8 Å². The number of carbonyl (C=O) groups excluding carboxylic acids is 2. The summed E-state index contributed by atoms with van der Waals surface area (Å²) in [4.78, 5) is 30.7. The minimum absolute atomic E-state index is 0.0202. The molecule has 2 heterocycles. The highest BCUT2D eigenvalue weighted by Crippen LogP contribution is 2.53. The first-order chi connectivity index (χ1) is 12.6. The number of hydrogen-bond donors (Lipinski definition) is 1.